The van der Waals surface area contributed by atoms with Crippen LogP contribution in [0.3, 0.4) is 0 Å². The van der Waals surface area contributed by atoms with Gasteiger partial charge in [-0.2, -0.15) is 0 Å². The number of benzene rings is 1. The molecule has 1 aromatic heterocycles. The van der Waals surface area contributed by atoms with Crippen molar-refractivity contribution in [3.63, 3.8) is 0 Å². The highest BCUT2D eigenvalue weighted by molar-refractivity contribution is 5.93. The zero-order valence-corrected chi connectivity index (χ0v) is 8.52. The maximum Gasteiger partial charge on any atom is 0.341 e. The molecule has 0 amide bonds. The van der Waals surface area contributed by atoms with Crippen LogP contribution < -0.4 is 15.0 Å². The number of aromatic nitrogens is 1. The first kappa shape index (κ1) is 9.71. The number of nitrogens with one attached hydrogen (secondary N) is 1. The minimum absolute atomic E-state index is 0.127. The number of fused-ring (bicyclic) bond motifs is 2. The summed E-state index contributed by atoms with van der Waals surface area (Å²) in [5.41, 5.74) is -0.413. The highest BCUT2D eigenvalue weighted by Gasteiger charge is 2.16. The zero-order valence-electron chi connectivity index (χ0n) is 8.52. The number of ether oxygens (including phenoxy) is 2. The van der Waals surface area contributed by atoms with Crippen molar-refractivity contribution < 1.29 is 19.4 Å². The summed E-state index contributed by atoms with van der Waals surface area (Å²) >= 11 is 0. The Morgan fingerprint density at radius 2 is 1.94 bits per heavy atom. The summed E-state index contributed by atoms with van der Waals surface area (Å²) in [5, 5.41) is 9.43. The van der Waals surface area contributed by atoms with Crippen LogP contribution in [-0.4, -0.2) is 22.9 Å². The van der Waals surface area contributed by atoms with E-state index in [-0.39, 0.29) is 12.4 Å². The molecule has 2 heterocycles. The Hall–Kier alpha value is -2.50. The van der Waals surface area contributed by atoms with Crippen molar-refractivity contribution >= 4 is 16.9 Å². The van der Waals surface area contributed by atoms with Gasteiger partial charge in [0, 0.05) is 11.5 Å². The Labute approximate surface area is 94.4 Å². The highest BCUT2D eigenvalue weighted by atomic mass is 16.7. The maximum absolute atomic E-state index is 11.5. The average molecular weight is 233 g/mol. The summed E-state index contributed by atoms with van der Waals surface area (Å²) in [6, 6.07) is 4.57. The number of rotatable bonds is 1. The molecule has 6 heteroatoms. The molecule has 0 radical (unpaired) electrons. The molecule has 0 bridgehead atoms. The minimum atomic E-state index is -1.26. The van der Waals surface area contributed by atoms with Crippen molar-refractivity contribution in [3.8, 4) is 11.5 Å². The van der Waals surface area contributed by atoms with E-state index in [2.05, 4.69) is 4.98 Å². The van der Waals surface area contributed by atoms with E-state index >= 15 is 0 Å². The van der Waals surface area contributed by atoms with Gasteiger partial charge in [-0.1, -0.05) is 0 Å². The number of hydrogen-bond donors (Lipinski definition) is 2. The average Bonchev–Trinajstić information content (AvgIpc) is 2.71. The van der Waals surface area contributed by atoms with Crippen LogP contribution in [0.4, 0.5) is 0 Å². The van der Waals surface area contributed by atoms with Gasteiger partial charge in [0.05, 0.1) is 5.52 Å². The summed E-state index contributed by atoms with van der Waals surface area (Å²) in [6.07, 6.45) is 0. The molecule has 6 nitrogen and oxygen atoms in total. The fourth-order valence-electron chi connectivity index (χ4n) is 1.75. The Morgan fingerprint density at radius 1 is 1.24 bits per heavy atom. The number of aromatic carboxylic acids is 1. The molecule has 0 unspecified atom stereocenters. The third-order valence-corrected chi connectivity index (χ3v) is 2.57. The second-order valence-electron chi connectivity index (χ2n) is 3.61. The molecule has 17 heavy (non-hydrogen) atoms. The lowest BCUT2D eigenvalue weighted by Gasteiger charge is -2.02. The van der Waals surface area contributed by atoms with Crippen LogP contribution in [0.25, 0.3) is 10.9 Å². The van der Waals surface area contributed by atoms with Crippen LogP contribution in [0.5, 0.6) is 11.5 Å². The molecule has 2 N–H and O–H groups in total. The molecule has 86 valence electrons. The molecule has 1 aromatic carbocycles. The van der Waals surface area contributed by atoms with Crippen molar-refractivity contribution in [2.24, 2.45) is 0 Å². The van der Waals surface area contributed by atoms with E-state index in [1.807, 2.05) is 0 Å². The molecule has 1 aliphatic heterocycles. The molecule has 0 aliphatic carbocycles. The van der Waals surface area contributed by atoms with Crippen molar-refractivity contribution in [1.29, 1.82) is 0 Å². The number of aromatic amines is 1. The molecule has 0 saturated carbocycles. The number of pyridine rings is 1. The first-order chi connectivity index (χ1) is 8.15. The fourth-order valence-corrected chi connectivity index (χ4v) is 1.75. The van der Waals surface area contributed by atoms with Gasteiger partial charge >= 0.3 is 5.97 Å². The molecule has 3 rings (SSSR count). The van der Waals surface area contributed by atoms with Crippen LogP contribution in [0, 0.1) is 0 Å². The normalized spacial score (nSPS) is 12.9. The topological polar surface area (TPSA) is 88.6 Å². The van der Waals surface area contributed by atoms with Gasteiger partial charge in [0.15, 0.2) is 11.5 Å². The van der Waals surface area contributed by atoms with Crippen LogP contribution >= 0.6 is 0 Å². The maximum atomic E-state index is 11.5. The lowest BCUT2D eigenvalue weighted by Crippen LogP contribution is -2.16. The van der Waals surface area contributed by atoms with E-state index in [1.54, 1.807) is 12.1 Å². The Morgan fingerprint density at radius 3 is 2.65 bits per heavy atom. The third kappa shape index (κ3) is 1.42. The molecule has 1 aliphatic rings. The van der Waals surface area contributed by atoms with E-state index < -0.39 is 11.5 Å². The summed E-state index contributed by atoms with van der Waals surface area (Å²) in [6.45, 7) is 0.127. The lowest BCUT2D eigenvalue weighted by molar-refractivity contribution is 0.0695. The van der Waals surface area contributed by atoms with E-state index in [9.17, 15) is 9.59 Å². The predicted molar refractivity (Wildman–Crippen MR) is 57.7 cm³/mol. The smallest absolute Gasteiger partial charge is 0.341 e. The molecule has 0 spiro atoms. The van der Waals surface area contributed by atoms with E-state index in [1.165, 1.54) is 6.07 Å². The van der Waals surface area contributed by atoms with Gasteiger partial charge < -0.3 is 19.6 Å². The number of carboxylic acid groups (broad SMARTS) is 1. The van der Waals surface area contributed by atoms with Crippen molar-refractivity contribution in [2.45, 2.75) is 0 Å². The second kappa shape index (κ2) is 3.24. The number of carbonyl (C=O) groups is 1. The molecule has 0 fully saturated rings. The first-order valence-corrected chi connectivity index (χ1v) is 4.85. The van der Waals surface area contributed by atoms with Gasteiger partial charge in [-0.05, 0) is 12.1 Å². The minimum Gasteiger partial charge on any atom is -0.477 e. The van der Waals surface area contributed by atoms with Crippen LogP contribution in [0.1, 0.15) is 10.4 Å². The van der Waals surface area contributed by atoms with Gasteiger partial charge in [-0.15, -0.1) is 0 Å². The largest absolute Gasteiger partial charge is 0.477 e. The molecular formula is C11H7NO5. The second-order valence-corrected chi connectivity index (χ2v) is 3.61. The van der Waals surface area contributed by atoms with E-state index in [0.29, 0.717) is 22.4 Å². The van der Waals surface area contributed by atoms with Gasteiger partial charge in [-0.25, -0.2) is 4.79 Å². The van der Waals surface area contributed by atoms with Crippen LogP contribution in [0.15, 0.2) is 23.0 Å². The first-order valence-electron chi connectivity index (χ1n) is 4.85. The highest BCUT2D eigenvalue weighted by Crippen LogP contribution is 2.35. The number of H-pyrrole nitrogens is 1. The lowest BCUT2D eigenvalue weighted by atomic mass is 10.1. The summed E-state index contributed by atoms with van der Waals surface area (Å²) in [4.78, 5) is 24.8. The molecule has 2 aromatic rings. The predicted octanol–water partition coefficient (Wildman–Crippen LogP) is 0.955. The fraction of sp³-hybridized carbons (Fsp3) is 0.0909. The SMILES string of the molecule is O=C(O)c1cc2cc3c(cc2[nH]c1=O)OCO3. The van der Waals surface area contributed by atoms with Crippen LogP contribution in [0.2, 0.25) is 0 Å². The van der Waals surface area contributed by atoms with Gasteiger partial charge in [0.2, 0.25) is 6.79 Å². The van der Waals surface area contributed by atoms with Gasteiger partial charge in [0.25, 0.3) is 5.56 Å². The summed E-state index contributed by atoms with van der Waals surface area (Å²) in [7, 11) is 0. The van der Waals surface area contributed by atoms with Crippen LogP contribution in [-0.2, 0) is 0 Å². The van der Waals surface area contributed by atoms with E-state index in [0.717, 1.165) is 0 Å². The molecule has 0 saturated heterocycles. The van der Waals surface area contributed by atoms with Crippen molar-refractivity contribution in [1.82, 2.24) is 4.98 Å². The standard InChI is InChI=1S/C11H7NO5/c13-10-6(11(14)15)1-5-2-8-9(17-4-16-8)3-7(5)12-10/h1-3H,4H2,(H,12,13)(H,14,15). The Kier molecular flexibility index (Phi) is 1.85. The summed E-state index contributed by atoms with van der Waals surface area (Å²) in [5.74, 6) is -0.178. The monoisotopic (exact) mass is 233 g/mol. The third-order valence-electron chi connectivity index (χ3n) is 2.57. The van der Waals surface area contributed by atoms with Crippen molar-refractivity contribution in [3.05, 3.63) is 34.1 Å². The zero-order chi connectivity index (χ0) is 12.0. The van der Waals surface area contributed by atoms with E-state index in [4.69, 9.17) is 14.6 Å². The quantitative estimate of drug-likeness (QED) is 0.765. The molecular weight excluding hydrogens is 226 g/mol. The Bertz CT molecular complexity index is 688. The Balaban J connectivity index is 2.33. The van der Waals surface area contributed by atoms with Gasteiger partial charge in [0.1, 0.15) is 5.56 Å². The number of carboxylic acids is 1. The number of hydrogen-bond acceptors (Lipinski definition) is 4. The molecule has 0 atom stereocenters. The summed E-state index contributed by atoms with van der Waals surface area (Å²) < 4.78 is 10.3. The van der Waals surface area contributed by atoms with Gasteiger partial charge in [-0.3, -0.25) is 4.79 Å². The van der Waals surface area contributed by atoms with Crippen molar-refractivity contribution in [2.75, 3.05) is 6.79 Å².